The number of carbonyl (C=O) groups is 2. The second kappa shape index (κ2) is 49.0. The first-order valence-corrected chi connectivity index (χ1v) is 26.1. The zero-order chi connectivity index (χ0) is 43.0. The first kappa shape index (κ1) is 57.3. The van der Waals surface area contributed by atoms with Gasteiger partial charge in [0, 0.05) is 12.8 Å². The van der Waals surface area contributed by atoms with E-state index < -0.39 is 12.1 Å². The van der Waals surface area contributed by atoms with E-state index in [2.05, 4.69) is 43.5 Å². The number of unbranched alkanes of at least 4 members (excludes halogenated alkanes) is 33. The minimum Gasteiger partial charge on any atom is -0.466 e. The third-order valence-electron chi connectivity index (χ3n) is 12.0. The fraction of sp³-hybridized carbons (Fsp3) is 0.887. The highest BCUT2D eigenvalue weighted by molar-refractivity contribution is 5.76. The number of aliphatic hydroxyl groups excluding tert-OH is 2. The molecule has 0 heterocycles. The largest absolute Gasteiger partial charge is 0.466 e. The van der Waals surface area contributed by atoms with Crippen LogP contribution in [-0.4, -0.2) is 47.4 Å². The lowest BCUT2D eigenvalue weighted by atomic mass is 10.0. The lowest BCUT2D eigenvalue weighted by Crippen LogP contribution is -2.45. The van der Waals surface area contributed by atoms with Crippen LogP contribution in [0.25, 0.3) is 0 Å². The molecule has 0 radical (unpaired) electrons. The van der Waals surface area contributed by atoms with Crippen molar-refractivity contribution in [2.45, 2.75) is 289 Å². The lowest BCUT2D eigenvalue weighted by molar-refractivity contribution is -0.143. The second-order valence-corrected chi connectivity index (χ2v) is 17.9. The number of rotatable bonds is 48. The number of hydrogen-bond acceptors (Lipinski definition) is 5. The minimum absolute atomic E-state index is 0.0125. The SMILES string of the molecule is CCCCCCCCCCCCCCCCCCC(=O)OCCCCC/C=C\C/C=C\CCCCCCCCCC(=O)NC(CO)C(O)CCCCCCCCCCC. The molecular weight excluding hydrogens is 731 g/mol. The highest BCUT2D eigenvalue weighted by Gasteiger charge is 2.20. The van der Waals surface area contributed by atoms with Gasteiger partial charge in [-0.1, -0.05) is 224 Å². The van der Waals surface area contributed by atoms with Crippen LogP contribution in [0, 0.1) is 0 Å². The molecular formula is C53H101NO5. The highest BCUT2D eigenvalue weighted by Crippen LogP contribution is 2.16. The summed E-state index contributed by atoms with van der Waals surface area (Å²) >= 11 is 0. The molecule has 3 N–H and O–H groups in total. The summed E-state index contributed by atoms with van der Waals surface area (Å²) in [5.41, 5.74) is 0. The van der Waals surface area contributed by atoms with Crippen molar-refractivity contribution in [2.75, 3.05) is 13.2 Å². The first-order valence-electron chi connectivity index (χ1n) is 26.1. The van der Waals surface area contributed by atoms with E-state index in [9.17, 15) is 19.8 Å². The smallest absolute Gasteiger partial charge is 0.305 e. The van der Waals surface area contributed by atoms with Gasteiger partial charge in [0.05, 0.1) is 25.4 Å². The van der Waals surface area contributed by atoms with Crippen molar-refractivity contribution < 1.29 is 24.5 Å². The van der Waals surface area contributed by atoms with Gasteiger partial charge in [-0.3, -0.25) is 9.59 Å². The molecule has 0 aromatic heterocycles. The minimum atomic E-state index is -0.672. The topological polar surface area (TPSA) is 95.9 Å². The average molecular weight is 832 g/mol. The van der Waals surface area contributed by atoms with Gasteiger partial charge in [-0.25, -0.2) is 0 Å². The van der Waals surface area contributed by atoms with E-state index in [4.69, 9.17) is 4.74 Å². The number of esters is 1. The monoisotopic (exact) mass is 832 g/mol. The summed E-state index contributed by atoms with van der Waals surface area (Å²) in [6.07, 6.45) is 57.3. The molecule has 0 aliphatic heterocycles. The van der Waals surface area contributed by atoms with Crippen LogP contribution < -0.4 is 5.32 Å². The van der Waals surface area contributed by atoms with Crippen molar-refractivity contribution in [3.63, 3.8) is 0 Å². The van der Waals surface area contributed by atoms with Crippen LogP contribution in [0.3, 0.4) is 0 Å². The second-order valence-electron chi connectivity index (χ2n) is 17.9. The van der Waals surface area contributed by atoms with E-state index in [1.807, 2.05) is 0 Å². The van der Waals surface area contributed by atoms with E-state index in [0.29, 0.717) is 25.9 Å². The molecule has 0 fully saturated rings. The van der Waals surface area contributed by atoms with Crippen LogP contribution in [0.2, 0.25) is 0 Å². The Morgan fingerprint density at radius 2 is 0.847 bits per heavy atom. The Hall–Kier alpha value is -1.66. The molecule has 0 aliphatic carbocycles. The summed E-state index contributed by atoms with van der Waals surface area (Å²) in [4.78, 5) is 24.4. The highest BCUT2D eigenvalue weighted by atomic mass is 16.5. The van der Waals surface area contributed by atoms with Gasteiger partial charge in [-0.05, 0) is 64.2 Å². The lowest BCUT2D eigenvalue weighted by Gasteiger charge is -2.22. The molecule has 0 bridgehead atoms. The maximum atomic E-state index is 12.4. The maximum absolute atomic E-state index is 12.4. The molecule has 2 unspecified atom stereocenters. The van der Waals surface area contributed by atoms with Crippen molar-refractivity contribution in [1.29, 1.82) is 0 Å². The van der Waals surface area contributed by atoms with Gasteiger partial charge < -0.3 is 20.3 Å². The fourth-order valence-electron chi connectivity index (χ4n) is 7.96. The molecule has 0 aromatic rings. The molecule has 0 aliphatic rings. The van der Waals surface area contributed by atoms with Crippen LogP contribution in [0.4, 0.5) is 0 Å². The van der Waals surface area contributed by atoms with E-state index in [0.717, 1.165) is 83.5 Å². The summed E-state index contributed by atoms with van der Waals surface area (Å²) in [6.45, 7) is 4.89. The third kappa shape index (κ3) is 45.7. The normalized spacial score (nSPS) is 12.8. The van der Waals surface area contributed by atoms with E-state index in [-0.39, 0.29) is 18.5 Å². The quantitative estimate of drug-likeness (QED) is 0.0322. The van der Waals surface area contributed by atoms with Gasteiger partial charge in [0.25, 0.3) is 0 Å². The molecule has 348 valence electrons. The van der Waals surface area contributed by atoms with Crippen molar-refractivity contribution >= 4 is 11.9 Å². The molecule has 0 spiro atoms. The maximum Gasteiger partial charge on any atom is 0.305 e. The molecule has 59 heavy (non-hydrogen) atoms. The first-order chi connectivity index (χ1) is 29.0. The Morgan fingerprint density at radius 1 is 0.475 bits per heavy atom. The van der Waals surface area contributed by atoms with Crippen LogP contribution >= 0.6 is 0 Å². The van der Waals surface area contributed by atoms with Crippen LogP contribution in [0.15, 0.2) is 24.3 Å². The summed E-state index contributed by atoms with van der Waals surface area (Å²) in [5, 5.41) is 23.0. The van der Waals surface area contributed by atoms with E-state index >= 15 is 0 Å². The summed E-state index contributed by atoms with van der Waals surface area (Å²) < 4.78 is 5.45. The summed E-state index contributed by atoms with van der Waals surface area (Å²) in [7, 11) is 0. The Balaban J connectivity index is 3.46. The predicted octanol–water partition coefficient (Wildman–Crippen LogP) is 15.5. The Bertz CT molecular complexity index is 920. The average Bonchev–Trinajstić information content (AvgIpc) is 3.24. The number of carbonyl (C=O) groups excluding carboxylic acids is 2. The number of aliphatic hydroxyl groups is 2. The van der Waals surface area contributed by atoms with Gasteiger partial charge in [0.1, 0.15) is 0 Å². The zero-order valence-electron chi connectivity index (χ0n) is 39.5. The standard InChI is InChI=1S/C53H101NO5/c1-3-5-7-9-11-13-14-15-16-21-24-27-31-35-39-43-47-53(58)59-48-44-40-36-32-28-25-22-19-17-18-20-23-26-30-34-38-42-46-52(57)54-50(49-55)51(56)45-41-37-33-29-12-10-8-6-4-2/h17,19,25,28,50-51,55-56H,3-16,18,20-24,26-27,29-49H2,1-2H3,(H,54,57)/b19-17-,28-25-. The van der Waals surface area contributed by atoms with Crippen LogP contribution in [-0.2, 0) is 14.3 Å². The van der Waals surface area contributed by atoms with Gasteiger partial charge >= 0.3 is 5.97 Å². The van der Waals surface area contributed by atoms with Crippen molar-refractivity contribution in [2.24, 2.45) is 0 Å². The van der Waals surface area contributed by atoms with Gasteiger partial charge in [-0.15, -0.1) is 0 Å². The van der Waals surface area contributed by atoms with Gasteiger partial charge in [-0.2, -0.15) is 0 Å². The van der Waals surface area contributed by atoms with E-state index in [1.165, 1.54) is 161 Å². The van der Waals surface area contributed by atoms with Gasteiger partial charge in [0.15, 0.2) is 0 Å². The number of hydrogen-bond donors (Lipinski definition) is 3. The molecule has 0 rings (SSSR count). The number of ether oxygens (including phenoxy) is 1. The molecule has 0 saturated heterocycles. The molecule has 6 nitrogen and oxygen atoms in total. The molecule has 2 atom stereocenters. The summed E-state index contributed by atoms with van der Waals surface area (Å²) in [6, 6.07) is -0.551. The van der Waals surface area contributed by atoms with Crippen molar-refractivity contribution in [3.05, 3.63) is 24.3 Å². The number of allylic oxidation sites excluding steroid dienone is 4. The molecule has 6 heteroatoms. The Labute approximate surface area is 367 Å². The zero-order valence-corrected chi connectivity index (χ0v) is 39.5. The van der Waals surface area contributed by atoms with Crippen LogP contribution in [0.1, 0.15) is 277 Å². The third-order valence-corrected chi connectivity index (χ3v) is 12.0. The van der Waals surface area contributed by atoms with E-state index in [1.54, 1.807) is 0 Å². The fourth-order valence-corrected chi connectivity index (χ4v) is 7.96. The predicted molar refractivity (Wildman–Crippen MR) is 255 cm³/mol. The van der Waals surface area contributed by atoms with Crippen molar-refractivity contribution in [3.8, 4) is 0 Å². The van der Waals surface area contributed by atoms with Crippen molar-refractivity contribution in [1.82, 2.24) is 5.32 Å². The molecule has 0 aromatic carbocycles. The molecule has 1 amide bonds. The molecule has 0 saturated carbocycles. The summed E-state index contributed by atoms with van der Waals surface area (Å²) in [5.74, 6) is -0.0662. The number of nitrogens with one attached hydrogen (secondary N) is 1. The number of amides is 1. The van der Waals surface area contributed by atoms with Crippen LogP contribution in [0.5, 0.6) is 0 Å². The Morgan fingerprint density at radius 3 is 1.29 bits per heavy atom. The Kier molecular flexibility index (Phi) is 47.6. The van der Waals surface area contributed by atoms with Gasteiger partial charge in [0.2, 0.25) is 5.91 Å².